The number of thiazole rings is 1. The number of hydrogen-bond donors (Lipinski definition) is 2. The van der Waals surface area contributed by atoms with Crippen LogP contribution in [0.5, 0.6) is 0 Å². The molecule has 1 aromatic rings. The van der Waals surface area contributed by atoms with Gasteiger partial charge in [-0.2, -0.15) is 13.2 Å². The van der Waals surface area contributed by atoms with Gasteiger partial charge < -0.3 is 10.6 Å². The Morgan fingerprint density at radius 3 is 2.72 bits per heavy atom. The van der Waals surface area contributed by atoms with Crippen molar-refractivity contribution in [2.24, 2.45) is 10.9 Å². The molecule has 0 aliphatic heterocycles. The van der Waals surface area contributed by atoms with Crippen molar-refractivity contribution in [3.63, 3.8) is 0 Å². The van der Waals surface area contributed by atoms with E-state index in [4.69, 9.17) is 0 Å². The standard InChI is InChI=1S/C16H25F3N4S2/c1-2-20-14(21-8-3-10-24-15-22-9-11-25-15)23-13-6-4-12(5-7-13)16(17,18)19/h9,11-13H,2-8,10H2,1H3,(H2,20,21,23). The minimum atomic E-state index is -4.06. The summed E-state index contributed by atoms with van der Waals surface area (Å²) in [6, 6.07) is 0.0705. The van der Waals surface area contributed by atoms with Crippen LogP contribution in [0.4, 0.5) is 13.2 Å². The third kappa shape index (κ3) is 7.43. The fourth-order valence-electron chi connectivity index (χ4n) is 2.77. The van der Waals surface area contributed by atoms with Crippen LogP contribution in [0.2, 0.25) is 0 Å². The third-order valence-electron chi connectivity index (χ3n) is 4.08. The van der Waals surface area contributed by atoms with Gasteiger partial charge in [0.05, 0.1) is 5.92 Å². The van der Waals surface area contributed by atoms with Crippen LogP contribution >= 0.6 is 23.1 Å². The fraction of sp³-hybridized carbons (Fsp3) is 0.750. The van der Waals surface area contributed by atoms with Crippen molar-refractivity contribution in [2.75, 3.05) is 18.8 Å². The molecule has 2 N–H and O–H groups in total. The lowest BCUT2D eigenvalue weighted by Gasteiger charge is -2.31. The molecule has 0 aromatic carbocycles. The van der Waals surface area contributed by atoms with Crippen LogP contribution in [0.15, 0.2) is 20.9 Å². The van der Waals surface area contributed by atoms with Crippen LogP contribution in [0.3, 0.4) is 0 Å². The first-order chi connectivity index (χ1) is 12.0. The Labute approximate surface area is 155 Å². The number of alkyl halides is 3. The highest BCUT2D eigenvalue weighted by molar-refractivity contribution is 8.00. The molecule has 1 saturated carbocycles. The molecular weight excluding hydrogens is 369 g/mol. The Kier molecular flexibility index (Phi) is 8.35. The molecule has 0 spiro atoms. The van der Waals surface area contributed by atoms with Crippen molar-refractivity contribution in [3.8, 4) is 0 Å². The summed E-state index contributed by atoms with van der Waals surface area (Å²) in [5.41, 5.74) is 0. The zero-order valence-electron chi connectivity index (χ0n) is 14.3. The highest BCUT2D eigenvalue weighted by Gasteiger charge is 2.41. The van der Waals surface area contributed by atoms with E-state index in [0.29, 0.717) is 25.3 Å². The van der Waals surface area contributed by atoms with Crippen molar-refractivity contribution >= 4 is 29.1 Å². The molecular formula is C16H25F3N4S2. The Hall–Kier alpha value is -0.960. The zero-order chi connectivity index (χ0) is 18.1. The van der Waals surface area contributed by atoms with E-state index >= 15 is 0 Å². The normalized spacial score (nSPS) is 22.0. The summed E-state index contributed by atoms with van der Waals surface area (Å²) < 4.78 is 39.3. The van der Waals surface area contributed by atoms with E-state index in [1.54, 1.807) is 29.3 Å². The number of guanidine groups is 1. The van der Waals surface area contributed by atoms with E-state index in [1.165, 1.54) is 0 Å². The first-order valence-corrected chi connectivity index (χ1v) is 10.5. The number of nitrogens with zero attached hydrogens (tertiary/aromatic N) is 2. The molecule has 1 heterocycles. The van der Waals surface area contributed by atoms with E-state index in [2.05, 4.69) is 20.6 Å². The SMILES string of the molecule is CCNC(=NCCCSc1nccs1)NC1CCC(C(F)(F)F)CC1. The zero-order valence-corrected chi connectivity index (χ0v) is 15.9. The first-order valence-electron chi connectivity index (χ1n) is 8.63. The molecule has 4 nitrogen and oxygen atoms in total. The fourth-order valence-corrected chi connectivity index (χ4v) is 4.41. The van der Waals surface area contributed by atoms with Gasteiger partial charge in [0.2, 0.25) is 0 Å². The van der Waals surface area contributed by atoms with Crippen molar-refractivity contribution in [2.45, 2.75) is 55.6 Å². The van der Waals surface area contributed by atoms with Gasteiger partial charge in [-0.3, -0.25) is 4.99 Å². The van der Waals surface area contributed by atoms with Gasteiger partial charge in [-0.1, -0.05) is 11.8 Å². The van der Waals surface area contributed by atoms with Crippen LogP contribution in [0.1, 0.15) is 39.0 Å². The second-order valence-corrected chi connectivity index (χ2v) is 8.23. The topological polar surface area (TPSA) is 49.3 Å². The van der Waals surface area contributed by atoms with E-state index in [9.17, 15) is 13.2 Å². The minimum absolute atomic E-state index is 0.0705. The third-order valence-corrected chi connectivity index (χ3v) is 6.13. The number of rotatable bonds is 7. The predicted molar refractivity (Wildman–Crippen MR) is 98.4 cm³/mol. The van der Waals surface area contributed by atoms with Gasteiger partial charge in [0.25, 0.3) is 0 Å². The van der Waals surface area contributed by atoms with Crippen molar-refractivity contribution < 1.29 is 13.2 Å². The van der Waals surface area contributed by atoms with E-state index in [1.807, 2.05) is 12.3 Å². The second kappa shape index (κ2) is 10.3. The summed E-state index contributed by atoms with van der Waals surface area (Å²) in [6.07, 6.45) is 0.144. The van der Waals surface area contributed by atoms with Gasteiger partial charge >= 0.3 is 6.18 Å². The Bertz CT molecular complexity index is 512. The summed E-state index contributed by atoms with van der Waals surface area (Å²) in [5.74, 6) is 0.512. The van der Waals surface area contributed by atoms with Crippen molar-refractivity contribution in [3.05, 3.63) is 11.6 Å². The van der Waals surface area contributed by atoms with Gasteiger partial charge in [-0.25, -0.2) is 4.98 Å². The lowest BCUT2D eigenvalue weighted by Crippen LogP contribution is -2.45. The Balaban J connectivity index is 1.70. The summed E-state index contributed by atoms with van der Waals surface area (Å²) in [7, 11) is 0. The van der Waals surface area contributed by atoms with E-state index in [-0.39, 0.29) is 18.9 Å². The van der Waals surface area contributed by atoms with Gasteiger partial charge in [-0.15, -0.1) is 11.3 Å². The quantitative estimate of drug-likeness (QED) is 0.313. The predicted octanol–water partition coefficient (Wildman–Crippen LogP) is 4.30. The molecule has 1 aliphatic carbocycles. The van der Waals surface area contributed by atoms with Crippen LogP contribution < -0.4 is 10.6 Å². The average Bonchev–Trinajstić information content (AvgIpc) is 3.08. The molecule has 0 saturated heterocycles. The van der Waals surface area contributed by atoms with Crippen LogP contribution in [0, 0.1) is 5.92 Å². The molecule has 142 valence electrons. The number of halogens is 3. The van der Waals surface area contributed by atoms with Crippen molar-refractivity contribution in [1.82, 2.24) is 15.6 Å². The molecule has 0 amide bonds. The molecule has 25 heavy (non-hydrogen) atoms. The molecule has 0 unspecified atom stereocenters. The maximum atomic E-state index is 12.7. The number of thioether (sulfide) groups is 1. The minimum Gasteiger partial charge on any atom is -0.357 e. The maximum Gasteiger partial charge on any atom is 0.391 e. The van der Waals surface area contributed by atoms with Crippen molar-refractivity contribution in [1.29, 1.82) is 0 Å². The molecule has 9 heteroatoms. The van der Waals surface area contributed by atoms with Crippen LogP contribution in [0.25, 0.3) is 0 Å². The number of aliphatic imine (C=N–C) groups is 1. The number of hydrogen-bond acceptors (Lipinski definition) is 4. The smallest absolute Gasteiger partial charge is 0.357 e. The van der Waals surface area contributed by atoms with Crippen LogP contribution in [-0.2, 0) is 0 Å². The molecule has 0 bridgehead atoms. The molecule has 2 rings (SSSR count). The Morgan fingerprint density at radius 1 is 1.36 bits per heavy atom. The average molecular weight is 395 g/mol. The highest BCUT2D eigenvalue weighted by Crippen LogP contribution is 2.37. The second-order valence-electron chi connectivity index (χ2n) is 6.00. The number of aromatic nitrogens is 1. The number of nitrogens with one attached hydrogen (secondary N) is 2. The molecule has 1 fully saturated rings. The summed E-state index contributed by atoms with van der Waals surface area (Å²) in [5, 5.41) is 8.42. The summed E-state index contributed by atoms with van der Waals surface area (Å²) in [6.45, 7) is 3.40. The molecule has 1 aliphatic rings. The first kappa shape index (κ1) is 20.4. The molecule has 0 atom stereocenters. The summed E-state index contributed by atoms with van der Waals surface area (Å²) >= 11 is 3.35. The maximum absolute atomic E-state index is 12.7. The molecule has 0 radical (unpaired) electrons. The Morgan fingerprint density at radius 2 is 2.12 bits per heavy atom. The largest absolute Gasteiger partial charge is 0.391 e. The van der Waals surface area contributed by atoms with Crippen LogP contribution in [-0.4, -0.2) is 42.0 Å². The van der Waals surface area contributed by atoms with Gasteiger partial charge in [0, 0.05) is 36.5 Å². The van der Waals surface area contributed by atoms with E-state index in [0.717, 1.165) is 23.1 Å². The van der Waals surface area contributed by atoms with Gasteiger partial charge in [-0.05, 0) is 39.0 Å². The van der Waals surface area contributed by atoms with Gasteiger partial charge in [0.15, 0.2) is 5.96 Å². The van der Waals surface area contributed by atoms with Gasteiger partial charge in [0.1, 0.15) is 4.34 Å². The van der Waals surface area contributed by atoms with E-state index < -0.39 is 12.1 Å². The monoisotopic (exact) mass is 394 g/mol. The highest BCUT2D eigenvalue weighted by atomic mass is 32.2. The molecule has 1 aromatic heterocycles. The lowest BCUT2D eigenvalue weighted by atomic mass is 9.85. The summed E-state index contributed by atoms with van der Waals surface area (Å²) in [4.78, 5) is 8.76. The lowest BCUT2D eigenvalue weighted by molar-refractivity contribution is -0.182.